The molecule has 6 heteroatoms. The Labute approximate surface area is 125 Å². The van der Waals surface area contributed by atoms with E-state index in [1.54, 1.807) is 4.68 Å². The SMILES string of the molecule is CCCCC(NC(=O)c1cnn(C(C)(C)C)c1C)C(=O)O. The Bertz CT molecular complexity index is 515. The molecular formula is C15H25N3O3. The summed E-state index contributed by atoms with van der Waals surface area (Å²) in [7, 11) is 0. The summed E-state index contributed by atoms with van der Waals surface area (Å²) in [4.78, 5) is 23.4. The van der Waals surface area contributed by atoms with Crippen LogP contribution in [0.15, 0.2) is 6.20 Å². The number of unbranched alkanes of at least 4 members (excludes halogenated alkanes) is 1. The summed E-state index contributed by atoms with van der Waals surface area (Å²) in [6.07, 6.45) is 3.58. The number of nitrogens with one attached hydrogen (secondary N) is 1. The number of carboxylic acids is 1. The van der Waals surface area contributed by atoms with Crippen molar-refractivity contribution in [2.75, 3.05) is 0 Å². The van der Waals surface area contributed by atoms with Crippen molar-refractivity contribution < 1.29 is 14.7 Å². The first kappa shape index (κ1) is 17.2. The molecule has 21 heavy (non-hydrogen) atoms. The summed E-state index contributed by atoms with van der Waals surface area (Å²) in [5.41, 5.74) is 0.934. The van der Waals surface area contributed by atoms with Crippen LogP contribution in [-0.2, 0) is 10.3 Å². The zero-order valence-electron chi connectivity index (χ0n) is 13.4. The Balaban J connectivity index is 2.89. The van der Waals surface area contributed by atoms with E-state index in [0.717, 1.165) is 18.5 Å². The van der Waals surface area contributed by atoms with Gasteiger partial charge in [0.1, 0.15) is 6.04 Å². The molecule has 1 amide bonds. The standard InChI is InChI=1S/C15H25N3O3/c1-6-7-8-12(14(20)21)17-13(19)11-9-16-18(10(11)2)15(3,4)5/h9,12H,6-8H2,1-5H3,(H,17,19)(H,20,21). The molecule has 6 nitrogen and oxygen atoms in total. The first-order chi connectivity index (χ1) is 9.68. The largest absolute Gasteiger partial charge is 0.480 e. The van der Waals surface area contributed by atoms with Crippen LogP contribution >= 0.6 is 0 Å². The molecule has 1 aromatic rings. The highest BCUT2D eigenvalue weighted by atomic mass is 16.4. The van der Waals surface area contributed by atoms with Gasteiger partial charge in [0.2, 0.25) is 0 Å². The Morgan fingerprint density at radius 1 is 1.43 bits per heavy atom. The zero-order chi connectivity index (χ0) is 16.2. The maximum atomic E-state index is 12.3. The van der Waals surface area contributed by atoms with Crippen LogP contribution in [0.2, 0.25) is 0 Å². The van der Waals surface area contributed by atoms with E-state index in [2.05, 4.69) is 10.4 Å². The summed E-state index contributed by atoms with van der Waals surface area (Å²) in [5.74, 6) is -1.39. The summed E-state index contributed by atoms with van der Waals surface area (Å²) in [5, 5.41) is 16.0. The van der Waals surface area contributed by atoms with Gasteiger partial charge in [0, 0.05) is 5.69 Å². The molecule has 1 unspecified atom stereocenters. The van der Waals surface area contributed by atoms with E-state index in [1.807, 2.05) is 34.6 Å². The molecule has 0 saturated heterocycles. The third-order valence-corrected chi connectivity index (χ3v) is 3.34. The van der Waals surface area contributed by atoms with Gasteiger partial charge in [-0.15, -0.1) is 0 Å². The number of carbonyl (C=O) groups is 2. The normalized spacial score (nSPS) is 13.0. The minimum absolute atomic E-state index is 0.225. The van der Waals surface area contributed by atoms with Crippen LogP contribution < -0.4 is 5.32 Å². The number of hydrogen-bond donors (Lipinski definition) is 2. The summed E-state index contributed by atoms with van der Waals surface area (Å²) < 4.78 is 1.77. The molecule has 1 aromatic heterocycles. The molecule has 1 atom stereocenters. The van der Waals surface area contributed by atoms with Crippen molar-refractivity contribution >= 4 is 11.9 Å². The number of carboxylic acid groups (broad SMARTS) is 1. The van der Waals surface area contributed by atoms with Gasteiger partial charge in [0.15, 0.2) is 0 Å². The summed E-state index contributed by atoms with van der Waals surface area (Å²) in [6, 6.07) is -0.852. The van der Waals surface area contributed by atoms with Crippen molar-refractivity contribution in [2.24, 2.45) is 0 Å². The third kappa shape index (κ3) is 4.31. The van der Waals surface area contributed by atoms with Crippen LogP contribution in [0, 0.1) is 6.92 Å². The van der Waals surface area contributed by atoms with Crippen molar-refractivity contribution in [3.8, 4) is 0 Å². The van der Waals surface area contributed by atoms with E-state index in [1.165, 1.54) is 6.20 Å². The van der Waals surface area contributed by atoms with Gasteiger partial charge in [-0.3, -0.25) is 9.48 Å². The average molecular weight is 295 g/mol. The van der Waals surface area contributed by atoms with Gasteiger partial charge in [0.25, 0.3) is 5.91 Å². The molecule has 0 fully saturated rings. The number of carbonyl (C=O) groups excluding carboxylic acids is 1. The van der Waals surface area contributed by atoms with E-state index in [9.17, 15) is 9.59 Å². The maximum absolute atomic E-state index is 12.3. The molecule has 0 aliphatic heterocycles. The molecule has 0 spiro atoms. The number of aromatic nitrogens is 2. The molecule has 1 heterocycles. The highest BCUT2D eigenvalue weighted by Gasteiger charge is 2.25. The Morgan fingerprint density at radius 3 is 2.48 bits per heavy atom. The van der Waals surface area contributed by atoms with Gasteiger partial charge in [-0.1, -0.05) is 19.8 Å². The smallest absolute Gasteiger partial charge is 0.326 e. The van der Waals surface area contributed by atoms with Crippen molar-refractivity contribution in [3.63, 3.8) is 0 Å². The molecule has 0 saturated carbocycles. The number of amides is 1. The van der Waals surface area contributed by atoms with Crippen molar-refractivity contribution in [2.45, 2.75) is 65.5 Å². The van der Waals surface area contributed by atoms with Gasteiger partial charge >= 0.3 is 5.97 Å². The Kier molecular flexibility index (Phi) is 5.52. The van der Waals surface area contributed by atoms with Crippen molar-refractivity contribution in [3.05, 3.63) is 17.5 Å². The molecule has 0 radical (unpaired) electrons. The van der Waals surface area contributed by atoms with E-state index < -0.39 is 12.0 Å². The van der Waals surface area contributed by atoms with Crippen LogP contribution in [0.1, 0.15) is 63.0 Å². The van der Waals surface area contributed by atoms with E-state index in [-0.39, 0.29) is 11.4 Å². The lowest BCUT2D eigenvalue weighted by Gasteiger charge is -2.21. The minimum atomic E-state index is -1.00. The van der Waals surface area contributed by atoms with Gasteiger partial charge in [-0.05, 0) is 34.1 Å². The summed E-state index contributed by atoms with van der Waals surface area (Å²) >= 11 is 0. The monoisotopic (exact) mass is 295 g/mol. The fourth-order valence-corrected chi connectivity index (χ4v) is 2.21. The first-order valence-corrected chi connectivity index (χ1v) is 7.27. The lowest BCUT2D eigenvalue weighted by atomic mass is 10.1. The van der Waals surface area contributed by atoms with Crippen molar-refractivity contribution in [1.82, 2.24) is 15.1 Å². The van der Waals surface area contributed by atoms with Crippen LogP contribution in [0.25, 0.3) is 0 Å². The van der Waals surface area contributed by atoms with Gasteiger partial charge < -0.3 is 10.4 Å². The fourth-order valence-electron chi connectivity index (χ4n) is 2.21. The second-order valence-corrected chi connectivity index (χ2v) is 6.23. The maximum Gasteiger partial charge on any atom is 0.326 e. The molecule has 0 aliphatic carbocycles. The van der Waals surface area contributed by atoms with Crippen LogP contribution in [-0.4, -0.2) is 32.8 Å². The summed E-state index contributed by atoms with van der Waals surface area (Å²) in [6.45, 7) is 9.79. The highest BCUT2D eigenvalue weighted by Crippen LogP contribution is 2.18. The Hall–Kier alpha value is -1.85. The predicted molar refractivity (Wildman–Crippen MR) is 80.4 cm³/mol. The molecule has 1 rings (SSSR count). The second-order valence-electron chi connectivity index (χ2n) is 6.23. The molecule has 0 aliphatic rings. The van der Waals surface area contributed by atoms with Crippen LogP contribution in [0.5, 0.6) is 0 Å². The Morgan fingerprint density at radius 2 is 2.05 bits per heavy atom. The third-order valence-electron chi connectivity index (χ3n) is 3.34. The van der Waals surface area contributed by atoms with Gasteiger partial charge in [-0.2, -0.15) is 5.10 Å². The predicted octanol–water partition coefficient (Wildman–Crippen LogP) is 2.32. The fraction of sp³-hybridized carbons (Fsp3) is 0.667. The van der Waals surface area contributed by atoms with Crippen LogP contribution in [0.4, 0.5) is 0 Å². The van der Waals surface area contributed by atoms with E-state index in [0.29, 0.717) is 12.0 Å². The van der Waals surface area contributed by atoms with Gasteiger partial charge in [0.05, 0.1) is 17.3 Å². The first-order valence-electron chi connectivity index (χ1n) is 7.27. The lowest BCUT2D eigenvalue weighted by Crippen LogP contribution is -2.41. The minimum Gasteiger partial charge on any atom is -0.480 e. The zero-order valence-corrected chi connectivity index (χ0v) is 13.4. The lowest BCUT2D eigenvalue weighted by molar-refractivity contribution is -0.139. The van der Waals surface area contributed by atoms with Crippen molar-refractivity contribution in [1.29, 1.82) is 0 Å². The number of aliphatic carboxylic acids is 1. The highest BCUT2D eigenvalue weighted by molar-refractivity contribution is 5.97. The van der Waals surface area contributed by atoms with Crippen LogP contribution in [0.3, 0.4) is 0 Å². The number of nitrogens with zero attached hydrogens (tertiary/aromatic N) is 2. The molecular weight excluding hydrogens is 270 g/mol. The number of rotatable bonds is 6. The molecule has 118 valence electrons. The van der Waals surface area contributed by atoms with E-state index in [4.69, 9.17) is 5.11 Å². The molecule has 0 bridgehead atoms. The number of hydrogen-bond acceptors (Lipinski definition) is 3. The van der Waals surface area contributed by atoms with Gasteiger partial charge in [-0.25, -0.2) is 4.79 Å². The topological polar surface area (TPSA) is 84.2 Å². The molecule has 0 aromatic carbocycles. The van der Waals surface area contributed by atoms with E-state index >= 15 is 0 Å². The molecule has 2 N–H and O–H groups in total. The second kappa shape index (κ2) is 6.74. The quantitative estimate of drug-likeness (QED) is 0.843. The average Bonchev–Trinajstić information content (AvgIpc) is 2.75.